The smallest absolute Gasteiger partial charge is 0.166 e. The van der Waals surface area contributed by atoms with E-state index in [4.69, 9.17) is 11.0 Å². The number of imidazole rings is 1. The third-order valence-electron chi connectivity index (χ3n) is 4.20. The lowest BCUT2D eigenvalue weighted by molar-refractivity contribution is 0.601. The molecule has 0 aliphatic rings. The number of aryl methyl sites for hydroxylation is 1. The summed E-state index contributed by atoms with van der Waals surface area (Å²) < 4.78 is 29.7. The Morgan fingerprint density at radius 3 is 2.71 bits per heavy atom. The first kappa shape index (κ1) is 17.5. The number of halogens is 2. The summed E-state index contributed by atoms with van der Waals surface area (Å²) in [5.74, 6) is -0.123. The Balaban J connectivity index is 1.98. The Morgan fingerprint density at radius 1 is 1.14 bits per heavy atom. The van der Waals surface area contributed by atoms with Crippen LogP contribution in [0.1, 0.15) is 17.0 Å². The molecule has 0 amide bonds. The second-order valence-electron chi connectivity index (χ2n) is 6.16. The van der Waals surface area contributed by atoms with Gasteiger partial charge in [-0.1, -0.05) is 0 Å². The Bertz CT molecular complexity index is 1260. The van der Waals surface area contributed by atoms with Gasteiger partial charge in [0.05, 0.1) is 24.4 Å². The minimum atomic E-state index is -0.538. The average Bonchev–Trinajstić information content (AvgIpc) is 3.02. The number of fused-ring (bicyclic) bond motifs is 1. The van der Waals surface area contributed by atoms with Crippen molar-refractivity contribution in [3.63, 3.8) is 0 Å². The summed E-state index contributed by atoms with van der Waals surface area (Å²) >= 11 is 0. The van der Waals surface area contributed by atoms with Gasteiger partial charge in [0.2, 0.25) is 0 Å². The second kappa shape index (κ2) is 6.66. The van der Waals surface area contributed by atoms with E-state index in [1.54, 1.807) is 11.5 Å². The van der Waals surface area contributed by atoms with Gasteiger partial charge >= 0.3 is 0 Å². The molecule has 4 rings (SSSR count). The molecule has 0 spiro atoms. The molecule has 0 atom stereocenters. The minimum Gasteiger partial charge on any atom is -0.382 e. The van der Waals surface area contributed by atoms with Gasteiger partial charge in [0.1, 0.15) is 23.3 Å². The lowest BCUT2D eigenvalue weighted by Crippen LogP contribution is -2.07. The Kier molecular flexibility index (Phi) is 4.16. The molecular weight excluding hydrogens is 364 g/mol. The van der Waals surface area contributed by atoms with E-state index in [-0.39, 0.29) is 17.9 Å². The van der Waals surface area contributed by atoms with E-state index in [9.17, 15) is 8.78 Å². The summed E-state index contributed by atoms with van der Waals surface area (Å²) in [7, 11) is 0. The van der Waals surface area contributed by atoms with E-state index >= 15 is 0 Å². The molecule has 28 heavy (non-hydrogen) atoms. The van der Waals surface area contributed by atoms with E-state index in [0.29, 0.717) is 33.9 Å². The normalized spacial score (nSPS) is 10.9. The standard InChI is InChI=1S/C19H13F2N7/c1-10-25-17(23)16-19(26-10)28(9-13-4-11(6-22)2-3-15(13)21)18(27-16)12-5-14(20)8-24-7-12/h2-5,7-8H,9H2,1H3,(H2,23,25,26). The summed E-state index contributed by atoms with van der Waals surface area (Å²) in [5, 5.41) is 9.11. The number of nitrogens with zero attached hydrogens (tertiary/aromatic N) is 6. The van der Waals surface area contributed by atoms with Crippen molar-refractivity contribution >= 4 is 17.0 Å². The fourth-order valence-corrected chi connectivity index (χ4v) is 2.98. The SMILES string of the molecule is Cc1nc(N)c2nc(-c3cncc(F)c3)n(Cc3cc(C#N)ccc3F)c2n1. The van der Waals surface area contributed by atoms with Gasteiger partial charge in [-0.25, -0.2) is 23.7 Å². The monoisotopic (exact) mass is 377 g/mol. The second-order valence-corrected chi connectivity index (χ2v) is 6.16. The molecule has 0 unspecified atom stereocenters. The van der Waals surface area contributed by atoms with Crippen LogP contribution in [0.25, 0.3) is 22.6 Å². The Hall–Kier alpha value is -3.93. The maximum absolute atomic E-state index is 14.4. The molecular formula is C19H13F2N7. The van der Waals surface area contributed by atoms with Crippen LogP contribution in [0.15, 0.2) is 36.7 Å². The van der Waals surface area contributed by atoms with Crippen molar-refractivity contribution < 1.29 is 8.78 Å². The fraction of sp³-hybridized carbons (Fsp3) is 0.105. The van der Waals surface area contributed by atoms with Crippen LogP contribution in [0.5, 0.6) is 0 Å². The average molecular weight is 377 g/mol. The molecule has 0 bridgehead atoms. The maximum Gasteiger partial charge on any atom is 0.166 e. The lowest BCUT2D eigenvalue weighted by Gasteiger charge is -2.10. The predicted molar refractivity (Wildman–Crippen MR) is 97.9 cm³/mol. The number of anilines is 1. The van der Waals surface area contributed by atoms with Crippen LogP contribution in [-0.2, 0) is 6.54 Å². The largest absolute Gasteiger partial charge is 0.382 e. The topological polar surface area (TPSA) is 106 Å². The number of hydrogen-bond acceptors (Lipinski definition) is 6. The van der Waals surface area contributed by atoms with Crippen molar-refractivity contribution in [2.24, 2.45) is 0 Å². The highest BCUT2D eigenvalue weighted by molar-refractivity contribution is 5.85. The Labute approximate surface area is 158 Å². The van der Waals surface area contributed by atoms with E-state index in [1.165, 1.54) is 30.5 Å². The number of nitriles is 1. The molecule has 0 fully saturated rings. The molecule has 2 N–H and O–H groups in total. The van der Waals surface area contributed by atoms with Gasteiger partial charge in [0.15, 0.2) is 17.0 Å². The molecule has 1 aromatic carbocycles. The minimum absolute atomic E-state index is 0.0135. The number of pyridine rings is 1. The highest BCUT2D eigenvalue weighted by Gasteiger charge is 2.19. The zero-order valence-electron chi connectivity index (χ0n) is 14.7. The quantitative estimate of drug-likeness (QED) is 0.588. The van der Waals surface area contributed by atoms with E-state index in [0.717, 1.165) is 6.20 Å². The number of rotatable bonds is 3. The van der Waals surface area contributed by atoms with Crippen molar-refractivity contribution in [1.29, 1.82) is 5.26 Å². The number of benzene rings is 1. The third kappa shape index (κ3) is 3.01. The van der Waals surface area contributed by atoms with Crippen molar-refractivity contribution in [3.8, 4) is 17.5 Å². The molecule has 3 aromatic heterocycles. The molecule has 0 saturated heterocycles. The molecule has 138 valence electrons. The number of nitrogen functional groups attached to an aromatic ring is 1. The van der Waals surface area contributed by atoms with E-state index in [1.807, 2.05) is 6.07 Å². The summed E-state index contributed by atoms with van der Waals surface area (Å²) in [6.45, 7) is 1.69. The van der Waals surface area contributed by atoms with Crippen molar-refractivity contribution in [2.75, 3.05) is 5.73 Å². The van der Waals surface area contributed by atoms with Crippen molar-refractivity contribution in [2.45, 2.75) is 13.5 Å². The third-order valence-corrected chi connectivity index (χ3v) is 4.20. The first-order chi connectivity index (χ1) is 13.5. The molecule has 0 aliphatic heterocycles. The van der Waals surface area contributed by atoms with Crippen LogP contribution in [-0.4, -0.2) is 24.5 Å². The summed E-state index contributed by atoms with van der Waals surface area (Å²) in [6.07, 6.45) is 2.52. The number of hydrogen-bond donors (Lipinski definition) is 1. The van der Waals surface area contributed by atoms with Crippen LogP contribution in [0.2, 0.25) is 0 Å². The first-order valence-electron chi connectivity index (χ1n) is 8.26. The van der Waals surface area contributed by atoms with Gasteiger partial charge in [-0.05, 0) is 31.2 Å². The summed E-state index contributed by atoms with van der Waals surface area (Å²) in [5.41, 5.74) is 7.65. The van der Waals surface area contributed by atoms with Crippen molar-refractivity contribution in [3.05, 3.63) is 65.2 Å². The molecule has 9 heteroatoms. The zero-order valence-corrected chi connectivity index (χ0v) is 14.7. The van der Waals surface area contributed by atoms with Crippen molar-refractivity contribution in [1.82, 2.24) is 24.5 Å². The van der Waals surface area contributed by atoms with Gasteiger partial charge in [0, 0.05) is 17.3 Å². The lowest BCUT2D eigenvalue weighted by atomic mass is 10.1. The first-order valence-corrected chi connectivity index (χ1v) is 8.26. The van der Waals surface area contributed by atoms with E-state index < -0.39 is 11.6 Å². The van der Waals surface area contributed by atoms with Gasteiger partial charge in [0.25, 0.3) is 0 Å². The van der Waals surface area contributed by atoms with Crippen LogP contribution in [0.4, 0.5) is 14.6 Å². The van der Waals surface area contributed by atoms with Crippen LogP contribution < -0.4 is 5.73 Å². The van der Waals surface area contributed by atoms with Crippen LogP contribution >= 0.6 is 0 Å². The summed E-state index contributed by atoms with van der Waals surface area (Å²) in [4.78, 5) is 16.8. The maximum atomic E-state index is 14.4. The molecule has 3 heterocycles. The molecule has 0 radical (unpaired) electrons. The van der Waals surface area contributed by atoms with Gasteiger partial charge in [-0.3, -0.25) is 4.98 Å². The Morgan fingerprint density at radius 2 is 1.96 bits per heavy atom. The molecule has 4 aromatic rings. The molecule has 0 aliphatic carbocycles. The highest BCUT2D eigenvalue weighted by atomic mass is 19.1. The van der Waals surface area contributed by atoms with Gasteiger partial charge < -0.3 is 10.3 Å². The van der Waals surface area contributed by atoms with Crippen LogP contribution in [0, 0.1) is 29.9 Å². The van der Waals surface area contributed by atoms with Gasteiger partial charge in [-0.2, -0.15) is 5.26 Å². The zero-order chi connectivity index (χ0) is 19.8. The predicted octanol–water partition coefficient (Wildman–Crippen LogP) is 2.98. The van der Waals surface area contributed by atoms with Gasteiger partial charge in [-0.15, -0.1) is 0 Å². The highest BCUT2D eigenvalue weighted by Crippen LogP contribution is 2.28. The summed E-state index contributed by atoms with van der Waals surface area (Å²) in [6, 6.07) is 7.33. The molecule has 7 nitrogen and oxygen atoms in total. The number of nitrogens with two attached hydrogens (primary N) is 1. The van der Waals surface area contributed by atoms with Crippen LogP contribution in [0.3, 0.4) is 0 Å². The fourth-order valence-electron chi connectivity index (χ4n) is 2.98. The molecule has 0 saturated carbocycles. The number of aromatic nitrogens is 5. The van der Waals surface area contributed by atoms with E-state index in [2.05, 4.69) is 19.9 Å².